The highest BCUT2D eigenvalue weighted by Crippen LogP contribution is 2.30. The average molecular weight is 326 g/mol. The summed E-state index contributed by atoms with van der Waals surface area (Å²) in [7, 11) is 0. The van der Waals surface area contributed by atoms with Crippen molar-refractivity contribution in [2.75, 3.05) is 5.73 Å². The molecule has 1 aromatic carbocycles. The highest BCUT2D eigenvalue weighted by Gasteiger charge is 2.10. The predicted octanol–water partition coefficient (Wildman–Crippen LogP) is 3.49. The maximum atomic E-state index is 10.7. The molecule has 92 valence electrons. The van der Waals surface area contributed by atoms with Gasteiger partial charge in [-0.15, -0.1) is 0 Å². The zero-order valence-electron chi connectivity index (χ0n) is 9.04. The highest BCUT2D eigenvalue weighted by molar-refractivity contribution is 9.10. The van der Waals surface area contributed by atoms with Crippen molar-refractivity contribution < 1.29 is 4.92 Å². The van der Waals surface area contributed by atoms with E-state index >= 15 is 0 Å². The van der Waals surface area contributed by atoms with Gasteiger partial charge < -0.3 is 5.73 Å². The number of hydrogen-bond acceptors (Lipinski definition) is 5. The van der Waals surface area contributed by atoms with E-state index in [1.54, 1.807) is 0 Å². The number of nitro groups is 1. The van der Waals surface area contributed by atoms with E-state index in [1.807, 2.05) is 24.3 Å². The molecule has 0 spiro atoms. The summed E-state index contributed by atoms with van der Waals surface area (Å²) >= 11 is 4.66. The van der Waals surface area contributed by atoms with Gasteiger partial charge in [-0.05, 0) is 24.3 Å². The summed E-state index contributed by atoms with van der Waals surface area (Å²) < 4.78 is 0.971. The van der Waals surface area contributed by atoms with E-state index in [4.69, 9.17) is 5.73 Å². The lowest BCUT2D eigenvalue weighted by Gasteiger charge is -2.02. The number of rotatable bonds is 3. The van der Waals surface area contributed by atoms with Crippen molar-refractivity contribution in [1.29, 1.82) is 0 Å². The highest BCUT2D eigenvalue weighted by atomic mass is 79.9. The molecule has 0 saturated carbocycles. The average Bonchev–Trinajstić information content (AvgIpc) is 2.31. The lowest BCUT2D eigenvalue weighted by Crippen LogP contribution is -1.95. The molecule has 1 aromatic heterocycles. The van der Waals surface area contributed by atoms with Gasteiger partial charge in [-0.2, -0.15) is 0 Å². The molecule has 5 nitrogen and oxygen atoms in total. The number of nitrogens with zero attached hydrogens (tertiary/aromatic N) is 2. The fraction of sp³-hybridized carbons (Fsp3) is 0. The van der Waals surface area contributed by atoms with Crippen LogP contribution in [0.15, 0.2) is 50.8 Å². The second kappa shape index (κ2) is 5.36. The normalized spacial score (nSPS) is 10.3. The molecule has 0 bridgehead atoms. The Morgan fingerprint density at radius 1 is 1.28 bits per heavy atom. The Morgan fingerprint density at radius 2 is 1.94 bits per heavy atom. The Kier molecular flexibility index (Phi) is 3.83. The number of benzene rings is 1. The van der Waals surface area contributed by atoms with Crippen LogP contribution in [0.2, 0.25) is 0 Å². The van der Waals surface area contributed by atoms with Crippen LogP contribution in [-0.2, 0) is 0 Å². The van der Waals surface area contributed by atoms with Crippen LogP contribution in [0.3, 0.4) is 0 Å². The fourth-order valence-corrected chi connectivity index (χ4v) is 2.40. The van der Waals surface area contributed by atoms with Gasteiger partial charge in [0.05, 0.1) is 11.0 Å². The molecule has 7 heteroatoms. The Bertz CT molecular complexity index is 589. The molecule has 0 unspecified atom stereocenters. The van der Waals surface area contributed by atoms with Gasteiger partial charge in [0.15, 0.2) is 0 Å². The smallest absolute Gasteiger partial charge is 0.275 e. The molecule has 0 aliphatic carbocycles. The van der Waals surface area contributed by atoms with E-state index in [9.17, 15) is 10.1 Å². The number of nitrogen functional groups attached to an aromatic ring is 1. The molecule has 2 rings (SSSR count). The molecule has 0 aliphatic heterocycles. The van der Waals surface area contributed by atoms with Crippen LogP contribution < -0.4 is 5.73 Å². The summed E-state index contributed by atoms with van der Waals surface area (Å²) in [5, 5.41) is 11.2. The van der Waals surface area contributed by atoms with Crippen molar-refractivity contribution in [3.05, 3.63) is 51.0 Å². The van der Waals surface area contributed by atoms with Gasteiger partial charge in [0, 0.05) is 15.4 Å². The number of nitrogens with two attached hydrogens (primary N) is 1. The lowest BCUT2D eigenvalue weighted by molar-refractivity contribution is -0.385. The summed E-state index contributed by atoms with van der Waals surface area (Å²) in [5.74, 6) is 0.142. The standard InChI is InChI=1S/C11H8BrN3O2S/c12-7-1-3-9(4-2-7)18-11-6-8(15(16)17)5-10(13)14-11/h1-6H,(H2,13,14). The molecule has 18 heavy (non-hydrogen) atoms. The van der Waals surface area contributed by atoms with Gasteiger partial charge in [-0.25, -0.2) is 4.98 Å². The SMILES string of the molecule is Nc1cc([N+](=O)[O-])cc(Sc2ccc(Br)cc2)n1. The molecule has 0 amide bonds. The van der Waals surface area contributed by atoms with E-state index in [1.165, 1.54) is 23.9 Å². The van der Waals surface area contributed by atoms with Crippen molar-refractivity contribution in [3.8, 4) is 0 Å². The minimum Gasteiger partial charge on any atom is -0.383 e. The van der Waals surface area contributed by atoms with Crippen LogP contribution in [0, 0.1) is 10.1 Å². The fourth-order valence-electron chi connectivity index (χ4n) is 1.29. The van der Waals surface area contributed by atoms with E-state index < -0.39 is 4.92 Å². The molecule has 1 heterocycles. The van der Waals surface area contributed by atoms with Gasteiger partial charge in [0.25, 0.3) is 5.69 Å². The van der Waals surface area contributed by atoms with Gasteiger partial charge >= 0.3 is 0 Å². The van der Waals surface area contributed by atoms with E-state index in [0.29, 0.717) is 5.03 Å². The Labute approximate surface area is 116 Å². The monoisotopic (exact) mass is 325 g/mol. The molecule has 0 radical (unpaired) electrons. The first kappa shape index (κ1) is 12.8. The second-order valence-electron chi connectivity index (χ2n) is 3.40. The molecule has 0 atom stereocenters. The van der Waals surface area contributed by atoms with Crippen LogP contribution in [0.1, 0.15) is 0 Å². The summed E-state index contributed by atoms with van der Waals surface area (Å²) in [6, 6.07) is 10.2. The third-order valence-corrected chi connectivity index (χ3v) is 3.51. The molecule has 2 aromatic rings. The van der Waals surface area contributed by atoms with Crippen molar-refractivity contribution >= 4 is 39.2 Å². The first-order chi connectivity index (χ1) is 8.54. The largest absolute Gasteiger partial charge is 0.383 e. The second-order valence-corrected chi connectivity index (χ2v) is 5.41. The third-order valence-electron chi connectivity index (χ3n) is 2.05. The third kappa shape index (κ3) is 3.21. The minimum atomic E-state index is -0.482. The van der Waals surface area contributed by atoms with E-state index in [2.05, 4.69) is 20.9 Å². The Morgan fingerprint density at radius 3 is 2.56 bits per heavy atom. The molecule has 0 fully saturated rings. The van der Waals surface area contributed by atoms with E-state index in [-0.39, 0.29) is 11.5 Å². The molecule has 0 saturated heterocycles. The van der Waals surface area contributed by atoms with Crippen LogP contribution in [-0.4, -0.2) is 9.91 Å². The molecule has 2 N–H and O–H groups in total. The number of anilines is 1. The molecular weight excluding hydrogens is 318 g/mol. The van der Waals surface area contributed by atoms with Gasteiger partial charge in [0.1, 0.15) is 10.8 Å². The predicted molar refractivity (Wildman–Crippen MR) is 73.6 cm³/mol. The summed E-state index contributed by atoms with van der Waals surface area (Å²) in [5.41, 5.74) is 5.48. The molecule has 0 aliphatic rings. The van der Waals surface area contributed by atoms with E-state index in [0.717, 1.165) is 9.37 Å². The van der Waals surface area contributed by atoms with Crippen LogP contribution in [0.4, 0.5) is 11.5 Å². The summed E-state index contributed by atoms with van der Waals surface area (Å²) in [4.78, 5) is 15.2. The number of aromatic nitrogens is 1. The van der Waals surface area contributed by atoms with Crippen molar-refractivity contribution in [2.24, 2.45) is 0 Å². The van der Waals surface area contributed by atoms with Crippen LogP contribution in [0.25, 0.3) is 0 Å². The van der Waals surface area contributed by atoms with Crippen molar-refractivity contribution in [2.45, 2.75) is 9.92 Å². The van der Waals surface area contributed by atoms with Gasteiger partial charge in [0.2, 0.25) is 0 Å². The number of halogens is 1. The zero-order valence-corrected chi connectivity index (χ0v) is 11.4. The maximum absolute atomic E-state index is 10.7. The molecular formula is C11H8BrN3O2S. The summed E-state index contributed by atoms with van der Waals surface area (Å²) in [6.45, 7) is 0. The lowest BCUT2D eigenvalue weighted by atomic mass is 10.4. The maximum Gasteiger partial charge on any atom is 0.275 e. The van der Waals surface area contributed by atoms with Gasteiger partial charge in [-0.1, -0.05) is 27.7 Å². The van der Waals surface area contributed by atoms with Gasteiger partial charge in [-0.3, -0.25) is 10.1 Å². The first-order valence-electron chi connectivity index (χ1n) is 4.90. The number of hydrogen-bond donors (Lipinski definition) is 1. The van der Waals surface area contributed by atoms with Crippen LogP contribution in [0.5, 0.6) is 0 Å². The number of pyridine rings is 1. The summed E-state index contributed by atoms with van der Waals surface area (Å²) in [6.07, 6.45) is 0. The van der Waals surface area contributed by atoms with Crippen molar-refractivity contribution in [3.63, 3.8) is 0 Å². The Balaban J connectivity index is 2.28. The first-order valence-corrected chi connectivity index (χ1v) is 6.51. The quantitative estimate of drug-likeness (QED) is 0.690. The van der Waals surface area contributed by atoms with Crippen LogP contribution >= 0.6 is 27.7 Å². The minimum absolute atomic E-state index is 0.0536. The van der Waals surface area contributed by atoms with Crippen molar-refractivity contribution in [1.82, 2.24) is 4.98 Å². The topological polar surface area (TPSA) is 82.0 Å². The zero-order chi connectivity index (χ0) is 13.1. The Hall–Kier alpha value is -1.60.